The highest BCUT2D eigenvalue weighted by atomic mass is 16.6. The zero-order valence-corrected chi connectivity index (χ0v) is 55.2. The Morgan fingerprint density at radius 3 is 0.699 bits per heavy atom. The molecule has 0 heterocycles. The Balaban J connectivity index is 4.34. The number of rotatable bonds is 66. The molecule has 83 heavy (non-hydrogen) atoms. The molecule has 480 valence electrons. The van der Waals surface area contributed by atoms with Crippen LogP contribution in [0, 0.1) is 0 Å². The summed E-state index contributed by atoms with van der Waals surface area (Å²) in [5.41, 5.74) is 0. The number of hydrogen-bond donors (Lipinski definition) is 0. The third-order valence-electron chi connectivity index (χ3n) is 15.8. The topological polar surface area (TPSA) is 78.9 Å². The summed E-state index contributed by atoms with van der Waals surface area (Å²) in [7, 11) is 0. The molecule has 0 aliphatic rings. The summed E-state index contributed by atoms with van der Waals surface area (Å²) in [6.07, 6.45) is 94.6. The molecule has 6 nitrogen and oxygen atoms in total. The molecule has 0 aromatic heterocycles. The molecule has 1 atom stereocenters. The minimum Gasteiger partial charge on any atom is -0.462 e. The van der Waals surface area contributed by atoms with Crippen LogP contribution in [0.1, 0.15) is 367 Å². The minimum atomic E-state index is -0.789. The standard InChI is InChI=1S/C77H136O6/c1-4-7-10-13-16-19-22-25-28-31-33-35-36-37-38-39-40-42-43-46-49-52-55-58-61-64-67-70-76(79)82-73-74(72-81-75(78)69-66-63-60-57-54-51-48-45-30-27-24-21-18-15-12-9-6-3)83-77(80)71-68-65-62-59-56-53-50-47-44-41-34-32-29-26-23-20-17-14-11-8-5-2/h18,21-23,25-27,30-34,44,47,74H,4-17,19-20,24,28-29,35-43,45-46,48-73H2,1-3H3/b21-18-,25-22-,26-23-,30-27-,33-31-,34-32-,47-44-. The molecule has 0 fully saturated rings. The zero-order valence-electron chi connectivity index (χ0n) is 55.2. The lowest BCUT2D eigenvalue weighted by Crippen LogP contribution is -2.30. The van der Waals surface area contributed by atoms with E-state index in [1.165, 1.54) is 225 Å². The first-order valence-corrected chi connectivity index (χ1v) is 36.1. The molecule has 0 aromatic rings. The first-order chi connectivity index (χ1) is 41.0. The van der Waals surface area contributed by atoms with Gasteiger partial charge in [0.25, 0.3) is 0 Å². The first kappa shape index (κ1) is 79.6. The van der Waals surface area contributed by atoms with Gasteiger partial charge in [0.2, 0.25) is 0 Å². The minimum absolute atomic E-state index is 0.0825. The van der Waals surface area contributed by atoms with Crippen molar-refractivity contribution >= 4 is 17.9 Å². The quantitative estimate of drug-likeness (QED) is 0.0261. The van der Waals surface area contributed by atoms with Crippen LogP contribution in [0.5, 0.6) is 0 Å². The van der Waals surface area contributed by atoms with Gasteiger partial charge in [-0.25, -0.2) is 0 Å². The third kappa shape index (κ3) is 69.3. The fraction of sp³-hybridized carbons (Fsp3) is 0.779. The molecule has 0 spiro atoms. The molecule has 0 aliphatic heterocycles. The molecule has 6 heteroatoms. The van der Waals surface area contributed by atoms with Crippen LogP contribution in [-0.4, -0.2) is 37.2 Å². The van der Waals surface area contributed by atoms with Crippen molar-refractivity contribution in [3.05, 3.63) is 85.1 Å². The van der Waals surface area contributed by atoms with Crippen molar-refractivity contribution < 1.29 is 28.6 Å². The van der Waals surface area contributed by atoms with Crippen molar-refractivity contribution in [2.75, 3.05) is 13.2 Å². The lowest BCUT2D eigenvalue weighted by molar-refractivity contribution is -0.167. The summed E-state index contributed by atoms with van der Waals surface area (Å²) in [6.45, 7) is 6.62. The van der Waals surface area contributed by atoms with Crippen LogP contribution in [0.15, 0.2) is 85.1 Å². The molecule has 0 amide bonds. The van der Waals surface area contributed by atoms with Crippen molar-refractivity contribution in [3.63, 3.8) is 0 Å². The van der Waals surface area contributed by atoms with Crippen molar-refractivity contribution in [3.8, 4) is 0 Å². The SMILES string of the molecule is CCCCC/C=C\C/C=C\CCCCCCCCCC(=O)OCC(COC(=O)CCCCCCCCCCCCCCCCC/C=C\C/C=C\CCCCCCC)OC(=O)CCCCCCCC/C=C\C/C=C\C/C=C\CCCCCCC. The number of carbonyl (C=O) groups is 3. The fourth-order valence-corrected chi connectivity index (χ4v) is 10.4. The van der Waals surface area contributed by atoms with Gasteiger partial charge < -0.3 is 14.2 Å². The Kier molecular flexibility index (Phi) is 68.2. The van der Waals surface area contributed by atoms with E-state index < -0.39 is 6.10 Å². The Hall–Kier alpha value is -3.41. The summed E-state index contributed by atoms with van der Waals surface area (Å²) in [5.74, 6) is -0.885. The van der Waals surface area contributed by atoms with Gasteiger partial charge in [-0.1, -0.05) is 311 Å². The largest absolute Gasteiger partial charge is 0.462 e. The molecule has 0 saturated heterocycles. The monoisotopic (exact) mass is 1160 g/mol. The summed E-state index contributed by atoms with van der Waals surface area (Å²) >= 11 is 0. The smallest absolute Gasteiger partial charge is 0.306 e. The van der Waals surface area contributed by atoms with Crippen LogP contribution in [0.3, 0.4) is 0 Å². The average molecular weight is 1160 g/mol. The van der Waals surface area contributed by atoms with Gasteiger partial charge >= 0.3 is 17.9 Å². The van der Waals surface area contributed by atoms with Crippen LogP contribution < -0.4 is 0 Å². The van der Waals surface area contributed by atoms with Crippen LogP contribution in [0.4, 0.5) is 0 Å². The number of ether oxygens (including phenoxy) is 3. The van der Waals surface area contributed by atoms with Gasteiger partial charge in [-0.05, 0) is 122 Å². The third-order valence-corrected chi connectivity index (χ3v) is 15.8. The van der Waals surface area contributed by atoms with Crippen LogP contribution in [0.2, 0.25) is 0 Å². The van der Waals surface area contributed by atoms with E-state index in [1.807, 2.05) is 0 Å². The maximum absolute atomic E-state index is 13.0. The second-order valence-corrected chi connectivity index (χ2v) is 24.1. The summed E-state index contributed by atoms with van der Waals surface area (Å²) < 4.78 is 17.0. The molecular formula is C77H136O6. The van der Waals surface area contributed by atoms with Crippen molar-refractivity contribution in [1.82, 2.24) is 0 Å². The highest BCUT2D eigenvalue weighted by Crippen LogP contribution is 2.17. The van der Waals surface area contributed by atoms with Gasteiger partial charge in [-0.2, -0.15) is 0 Å². The van der Waals surface area contributed by atoms with Gasteiger partial charge in [0.1, 0.15) is 13.2 Å². The summed E-state index contributed by atoms with van der Waals surface area (Å²) in [5, 5.41) is 0. The number of carbonyl (C=O) groups excluding carboxylic acids is 3. The van der Waals surface area contributed by atoms with E-state index in [0.29, 0.717) is 19.3 Å². The zero-order chi connectivity index (χ0) is 59.9. The van der Waals surface area contributed by atoms with Gasteiger partial charge in [0, 0.05) is 19.3 Å². The van der Waals surface area contributed by atoms with Crippen molar-refractivity contribution in [1.29, 1.82) is 0 Å². The van der Waals surface area contributed by atoms with E-state index in [0.717, 1.165) is 103 Å². The highest BCUT2D eigenvalue weighted by Gasteiger charge is 2.19. The molecule has 0 aromatic carbocycles. The molecule has 0 aliphatic carbocycles. The molecule has 0 radical (unpaired) electrons. The molecule has 0 N–H and O–H groups in total. The molecule has 0 saturated carbocycles. The van der Waals surface area contributed by atoms with Gasteiger partial charge in [-0.3, -0.25) is 14.4 Å². The predicted molar refractivity (Wildman–Crippen MR) is 362 cm³/mol. The summed E-state index contributed by atoms with van der Waals surface area (Å²) in [6, 6.07) is 0. The Bertz CT molecular complexity index is 1570. The van der Waals surface area contributed by atoms with Crippen LogP contribution in [-0.2, 0) is 28.6 Å². The van der Waals surface area contributed by atoms with Crippen LogP contribution in [0.25, 0.3) is 0 Å². The van der Waals surface area contributed by atoms with Crippen molar-refractivity contribution in [2.45, 2.75) is 374 Å². The number of unbranched alkanes of at least 4 members (excludes halogenated alkanes) is 41. The normalized spacial score (nSPS) is 12.6. The van der Waals surface area contributed by atoms with Gasteiger partial charge in [-0.15, -0.1) is 0 Å². The van der Waals surface area contributed by atoms with Gasteiger partial charge in [0.05, 0.1) is 0 Å². The molecular weight excluding hydrogens is 1020 g/mol. The number of allylic oxidation sites excluding steroid dienone is 14. The van der Waals surface area contributed by atoms with E-state index in [9.17, 15) is 14.4 Å². The average Bonchev–Trinajstić information content (AvgIpc) is 3.50. The Morgan fingerprint density at radius 2 is 0.434 bits per heavy atom. The maximum atomic E-state index is 13.0. The molecule has 0 rings (SSSR count). The second-order valence-electron chi connectivity index (χ2n) is 24.1. The number of esters is 3. The van der Waals surface area contributed by atoms with E-state index in [4.69, 9.17) is 14.2 Å². The predicted octanol–water partition coefficient (Wildman–Crippen LogP) is 25.0. The first-order valence-electron chi connectivity index (χ1n) is 36.1. The lowest BCUT2D eigenvalue weighted by atomic mass is 10.0. The highest BCUT2D eigenvalue weighted by molar-refractivity contribution is 5.71. The van der Waals surface area contributed by atoms with E-state index in [-0.39, 0.29) is 31.1 Å². The Morgan fingerprint density at radius 1 is 0.241 bits per heavy atom. The summed E-state index contributed by atoms with van der Waals surface area (Å²) in [4.78, 5) is 38.5. The van der Waals surface area contributed by atoms with E-state index >= 15 is 0 Å². The lowest BCUT2D eigenvalue weighted by Gasteiger charge is -2.18. The van der Waals surface area contributed by atoms with Crippen molar-refractivity contribution in [2.24, 2.45) is 0 Å². The number of hydrogen-bond acceptors (Lipinski definition) is 6. The van der Waals surface area contributed by atoms with Crippen LogP contribution >= 0.6 is 0 Å². The molecule has 0 bridgehead atoms. The van der Waals surface area contributed by atoms with Gasteiger partial charge in [0.15, 0.2) is 6.10 Å². The molecule has 1 unspecified atom stereocenters. The van der Waals surface area contributed by atoms with E-state index in [1.54, 1.807) is 0 Å². The Labute approximate surface area is 515 Å². The maximum Gasteiger partial charge on any atom is 0.306 e. The fourth-order valence-electron chi connectivity index (χ4n) is 10.4. The van der Waals surface area contributed by atoms with E-state index in [2.05, 4.69) is 106 Å². The second kappa shape index (κ2) is 71.1.